The van der Waals surface area contributed by atoms with Crippen molar-refractivity contribution in [3.63, 3.8) is 0 Å². The van der Waals surface area contributed by atoms with Crippen LogP contribution in [0.15, 0.2) is 53.7 Å². The summed E-state index contributed by atoms with van der Waals surface area (Å²) >= 11 is 1.51. The zero-order chi connectivity index (χ0) is 12.1. The van der Waals surface area contributed by atoms with Crippen LogP contribution in [-0.4, -0.2) is 16.1 Å². The van der Waals surface area contributed by atoms with Crippen molar-refractivity contribution in [2.24, 2.45) is 0 Å². The molecule has 1 N–H and O–H groups in total. The van der Waals surface area contributed by atoms with E-state index in [1.54, 1.807) is 24.5 Å². The van der Waals surface area contributed by atoms with E-state index in [1.807, 2.05) is 24.3 Å². The van der Waals surface area contributed by atoms with E-state index >= 15 is 0 Å². The van der Waals surface area contributed by atoms with Gasteiger partial charge in [-0.25, -0.2) is 4.79 Å². The number of benzene rings is 1. The minimum Gasteiger partial charge on any atom is -0.478 e. The van der Waals surface area contributed by atoms with Crippen LogP contribution in [0.4, 0.5) is 0 Å². The molecule has 17 heavy (non-hydrogen) atoms. The quantitative estimate of drug-likeness (QED) is 0.841. The average molecular weight is 245 g/mol. The molecule has 0 aliphatic heterocycles. The second-order valence-corrected chi connectivity index (χ2v) is 4.47. The molecule has 1 heterocycles. The fraction of sp³-hybridized carbons (Fsp3) is 0.0769. The molecule has 0 saturated carbocycles. The highest BCUT2D eigenvalue weighted by atomic mass is 32.2. The van der Waals surface area contributed by atoms with Crippen molar-refractivity contribution in [2.75, 3.05) is 0 Å². The first-order chi connectivity index (χ1) is 8.27. The summed E-state index contributed by atoms with van der Waals surface area (Å²) in [5, 5.41) is 9.04. The maximum Gasteiger partial charge on any atom is 0.336 e. The van der Waals surface area contributed by atoms with Crippen LogP contribution in [0.2, 0.25) is 0 Å². The van der Waals surface area contributed by atoms with Crippen molar-refractivity contribution in [1.29, 1.82) is 0 Å². The van der Waals surface area contributed by atoms with Gasteiger partial charge in [0.1, 0.15) is 0 Å². The number of aromatic nitrogens is 1. The normalized spacial score (nSPS) is 10.1. The van der Waals surface area contributed by atoms with Crippen LogP contribution >= 0.6 is 11.8 Å². The van der Waals surface area contributed by atoms with Crippen molar-refractivity contribution in [3.05, 3.63) is 59.9 Å². The smallest absolute Gasteiger partial charge is 0.336 e. The number of aromatic carboxylic acids is 1. The Morgan fingerprint density at radius 2 is 2.06 bits per heavy atom. The number of hydrogen-bond donors (Lipinski definition) is 1. The number of pyridine rings is 1. The molecule has 1 aromatic carbocycles. The van der Waals surface area contributed by atoms with Gasteiger partial charge in [-0.1, -0.05) is 18.2 Å². The Labute approximate surface area is 104 Å². The summed E-state index contributed by atoms with van der Waals surface area (Å²) in [7, 11) is 0. The minimum atomic E-state index is -0.890. The van der Waals surface area contributed by atoms with E-state index in [0.29, 0.717) is 5.56 Å². The molecule has 0 fully saturated rings. The first kappa shape index (κ1) is 11.7. The van der Waals surface area contributed by atoms with E-state index in [-0.39, 0.29) is 0 Å². The van der Waals surface area contributed by atoms with E-state index < -0.39 is 5.97 Å². The predicted octanol–water partition coefficient (Wildman–Crippen LogP) is 3.07. The maximum absolute atomic E-state index is 11.0. The van der Waals surface area contributed by atoms with Gasteiger partial charge in [0.25, 0.3) is 0 Å². The number of hydrogen-bond acceptors (Lipinski definition) is 3. The average Bonchev–Trinajstić information content (AvgIpc) is 2.38. The van der Waals surface area contributed by atoms with Crippen LogP contribution in [0.25, 0.3) is 0 Å². The Kier molecular flexibility index (Phi) is 3.77. The van der Waals surface area contributed by atoms with Crippen molar-refractivity contribution >= 4 is 17.7 Å². The summed E-state index contributed by atoms with van der Waals surface area (Å²) in [6.45, 7) is 0. The van der Waals surface area contributed by atoms with Crippen LogP contribution in [-0.2, 0) is 5.75 Å². The number of nitrogens with zero attached hydrogens (tertiary/aromatic N) is 1. The summed E-state index contributed by atoms with van der Waals surface area (Å²) in [6.07, 6.45) is 3.51. The Hall–Kier alpha value is -1.81. The van der Waals surface area contributed by atoms with Gasteiger partial charge < -0.3 is 5.11 Å². The van der Waals surface area contributed by atoms with Gasteiger partial charge in [-0.15, -0.1) is 11.8 Å². The van der Waals surface area contributed by atoms with Crippen LogP contribution in [0.3, 0.4) is 0 Å². The Morgan fingerprint density at radius 3 is 2.76 bits per heavy atom. The van der Waals surface area contributed by atoms with Crippen LogP contribution in [0.5, 0.6) is 0 Å². The number of thioether (sulfide) groups is 1. The molecule has 0 amide bonds. The molecule has 0 unspecified atom stereocenters. The molecule has 3 nitrogen and oxygen atoms in total. The van der Waals surface area contributed by atoms with Crippen LogP contribution < -0.4 is 0 Å². The summed E-state index contributed by atoms with van der Waals surface area (Å²) < 4.78 is 0. The van der Waals surface area contributed by atoms with Crippen LogP contribution in [0.1, 0.15) is 15.9 Å². The zero-order valence-corrected chi connectivity index (χ0v) is 9.85. The molecule has 4 heteroatoms. The highest BCUT2D eigenvalue weighted by molar-refractivity contribution is 7.98. The minimum absolute atomic E-state index is 0.349. The largest absolute Gasteiger partial charge is 0.478 e. The first-order valence-corrected chi connectivity index (χ1v) is 6.10. The highest BCUT2D eigenvalue weighted by Crippen LogP contribution is 2.25. The summed E-state index contributed by atoms with van der Waals surface area (Å²) in [6, 6.07) is 10.9. The molecule has 1 aromatic heterocycles. The van der Waals surface area contributed by atoms with Gasteiger partial charge in [0.05, 0.1) is 5.56 Å². The van der Waals surface area contributed by atoms with Crippen LogP contribution in [0, 0.1) is 0 Å². The fourth-order valence-electron chi connectivity index (χ4n) is 1.41. The second kappa shape index (κ2) is 5.50. The molecule has 86 valence electrons. The second-order valence-electron chi connectivity index (χ2n) is 3.45. The third kappa shape index (κ3) is 3.07. The van der Waals surface area contributed by atoms with Gasteiger partial charge in [0.15, 0.2) is 0 Å². The Balaban J connectivity index is 2.12. The van der Waals surface area contributed by atoms with Gasteiger partial charge in [-0.2, -0.15) is 0 Å². The SMILES string of the molecule is O=C(O)c1ccccc1SCc1cccnc1. The summed E-state index contributed by atoms with van der Waals surface area (Å²) in [5.41, 5.74) is 1.43. The van der Waals surface area contributed by atoms with Gasteiger partial charge in [-0.05, 0) is 23.8 Å². The highest BCUT2D eigenvalue weighted by Gasteiger charge is 2.09. The lowest BCUT2D eigenvalue weighted by Crippen LogP contribution is -1.98. The van der Waals surface area contributed by atoms with Gasteiger partial charge in [0.2, 0.25) is 0 Å². The standard InChI is InChI=1S/C13H11NO2S/c15-13(16)11-5-1-2-6-12(11)17-9-10-4-3-7-14-8-10/h1-8H,9H2,(H,15,16). The van der Waals surface area contributed by atoms with Crippen molar-refractivity contribution < 1.29 is 9.90 Å². The van der Waals surface area contributed by atoms with Crippen molar-refractivity contribution in [2.45, 2.75) is 10.6 Å². The van der Waals surface area contributed by atoms with Gasteiger partial charge in [0, 0.05) is 23.0 Å². The molecule has 2 aromatic rings. The van der Waals surface area contributed by atoms with E-state index in [1.165, 1.54) is 11.8 Å². The predicted molar refractivity (Wildman–Crippen MR) is 67.2 cm³/mol. The van der Waals surface area contributed by atoms with E-state index in [4.69, 9.17) is 5.11 Å². The number of rotatable bonds is 4. The van der Waals surface area contributed by atoms with Gasteiger partial charge >= 0.3 is 5.97 Å². The molecule has 0 aliphatic rings. The van der Waals surface area contributed by atoms with E-state index in [2.05, 4.69) is 4.98 Å². The third-order valence-electron chi connectivity index (χ3n) is 2.23. The molecule has 2 rings (SSSR count). The monoisotopic (exact) mass is 245 g/mol. The fourth-order valence-corrected chi connectivity index (χ4v) is 2.39. The Morgan fingerprint density at radius 1 is 1.24 bits per heavy atom. The van der Waals surface area contributed by atoms with Crippen molar-refractivity contribution in [1.82, 2.24) is 4.98 Å². The molecule has 0 atom stereocenters. The lowest BCUT2D eigenvalue weighted by Gasteiger charge is -2.05. The lowest BCUT2D eigenvalue weighted by atomic mass is 10.2. The Bertz CT molecular complexity index is 514. The van der Waals surface area contributed by atoms with Gasteiger partial charge in [-0.3, -0.25) is 4.98 Å². The number of carboxylic acid groups (broad SMARTS) is 1. The number of carbonyl (C=O) groups is 1. The summed E-state index contributed by atoms with van der Waals surface area (Å²) in [5.74, 6) is -0.169. The number of carboxylic acids is 1. The third-order valence-corrected chi connectivity index (χ3v) is 3.38. The molecular weight excluding hydrogens is 234 g/mol. The molecule has 0 radical (unpaired) electrons. The topological polar surface area (TPSA) is 50.2 Å². The molecule has 0 saturated heterocycles. The molecular formula is C13H11NO2S. The molecule has 0 bridgehead atoms. The maximum atomic E-state index is 11.0. The molecule has 0 spiro atoms. The molecule has 0 aliphatic carbocycles. The lowest BCUT2D eigenvalue weighted by molar-refractivity contribution is 0.0693. The van der Waals surface area contributed by atoms with Crippen molar-refractivity contribution in [3.8, 4) is 0 Å². The van der Waals surface area contributed by atoms with E-state index in [9.17, 15) is 4.79 Å². The summed E-state index contributed by atoms with van der Waals surface area (Å²) in [4.78, 5) is 15.8. The first-order valence-electron chi connectivity index (χ1n) is 5.11. The van der Waals surface area contributed by atoms with E-state index in [0.717, 1.165) is 16.2 Å². The zero-order valence-electron chi connectivity index (χ0n) is 9.04.